The lowest BCUT2D eigenvalue weighted by Crippen LogP contribution is -1.89. The van der Waals surface area contributed by atoms with Gasteiger partial charge in [0.05, 0.1) is 7.11 Å². The van der Waals surface area contributed by atoms with Crippen LogP contribution in [0.4, 0.5) is 0 Å². The maximum Gasteiger partial charge on any atom is 0.150 e. The van der Waals surface area contributed by atoms with E-state index in [1.807, 2.05) is 24.3 Å². The number of aldehydes is 1. The van der Waals surface area contributed by atoms with Crippen molar-refractivity contribution in [2.45, 2.75) is 0 Å². The minimum Gasteiger partial charge on any atom is -0.497 e. The summed E-state index contributed by atoms with van der Waals surface area (Å²) in [6.07, 6.45) is 0.825. The third-order valence-corrected chi connectivity index (χ3v) is 2.88. The zero-order valence-electron chi connectivity index (χ0n) is 9.31. The molecule has 0 aliphatic carbocycles. The minimum atomic E-state index is 0.597. The van der Waals surface area contributed by atoms with Crippen molar-refractivity contribution in [1.82, 2.24) is 0 Å². The number of carbonyl (C=O) groups excluding carboxylic acids is 1. The second-order valence-corrected chi connectivity index (χ2v) is 3.96. The van der Waals surface area contributed by atoms with Gasteiger partial charge in [-0.25, -0.2) is 0 Å². The van der Waals surface area contributed by atoms with Gasteiger partial charge in [-0.2, -0.15) is 0 Å². The fourth-order valence-electron chi connectivity index (χ4n) is 1.68. The number of methoxy groups -OCH3 is 1. The van der Waals surface area contributed by atoms with Gasteiger partial charge < -0.3 is 4.74 Å². The second-order valence-electron chi connectivity index (χ2n) is 3.55. The first-order valence-electron chi connectivity index (χ1n) is 5.14. The third kappa shape index (κ3) is 2.32. The Balaban J connectivity index is 2.62. The molecule has 0 aliphatic rings. The molecule has 17 heavy (non-hydrogen) atoms. The van der Waals surface area contributed by atoms with E-state index in [4.69, 9.17) is 16.3 Å². The molecule has 0 atom stereocenters. The maximum absolute atomic E-state index is 11.0. The molecule has 2 aromatic carbocycles. The van der Waals surface area contributed by atoms with E-state index in [9.17, 15) is 4.79 Å². The minimum absolute atomic E-state index is 0.597. The summed E-state index contributed by atoms with van der Waals surface area (Å²) in [5.74, 6) is 0.713. The van der Waals surface area contributed by atoms with E-state index in [2.05, 4.69) is 0 Å². The number of hydrogen-bond donors (Lipinski definition) is 0. The SMILES string of the molecule is COc1ccc(Cl)c(-c2ccccc2C=O)c1. The van der Waals surface area contributed by atoms with E-state index in [-0.39, 0.29) is 0 Å². The summed E-state index contributed by atoms with van der Waals surface area (Å²) in [5, 5.41) is 0.597. The number of ether oxygens (including phenoxy) is 1. The first-order chi connectivity index (χ1) is 8.26. The van der Waals surface area contributed by atoms with Crippen LogP contribution in [0.25, 0.3) is 11.1 Å². The topological polar surface area (TPSA) is 26.3 Å². The molecule has 0 aromatic heterocycles. The summed E-state index contributed by atoms with van der Waals surface area (Å²) in [6.45, 7) is 0. The Kier molecular flexibility index (Phi) is 3.45. The van der Waals surface area contributed by atoms with Crippen LogP contribution in [0.15, 0.2) is 42.5 Å². The van der Waals surface area contributed by atoms with Crippen molar-refractivity contribution in [3.8, 4) is 16.9 Å². The van der Waals surface area contributed by atoms with Gasteiger partial charge in [0.25, 0.3) is 0 Å². The lowest BCUT2D eigenvalue weighted by molar-refractivity contribution is 0.112. The average Bonchev–Trinajstić information content (AvgIpc) is 2.39. The number of carbonyl (C=O) groups is 1. The first-order valence-corrected chi connectivity index (χ1v) is 5.52. The van der Waals surface area contributed by atoms with Gasteiger partial charge in [-0.3, -0.25) is 4.79 Å². The largest absolute Gasteiger partial charge is 0.497 e. The van der Waals surface area contributed by atoms with Crippen molar-refractivity contribution in [3.05, 3.63) is 53.1 Å². The predicted octanol–water partition coefficient (Wildman–Crippen LogP) is 3.83. The molecule has 0 unspecified atom stereocenters. The van der Waals surface area contributed by atoms with E-state index in [1.54, 1.807) is 25.3 Å². The molecule has 86 valence electrons. The van der Waals surface area contributed by atoms with Gasteiger partial charge in [-0.05, 0) is 23.8 Å². The van der Waals surface area contributed by atoms with Crippen LogP contribution >= 0.6 is 11.6 Å². The standard InChI is InChI=1S/C14H11ClO2/c1-17-11-6-7-14(15)13(8-11)12-5-3-2-4-10(12)9-16/h2-9H,1H3. The molecule has 2 aromatic rings. The van der Waals surface area contributed by atoms with Crippen LogP contribution in [-0.2, 0) is 0 Å². The molecule has 0 aliphatic heterocycles. The fraction of sp³-hybridized carbons (Fsp3) is 0.0714. The highest BCUT2D eigenvalue weighted by atomic mass is 35.5. The molecule has 0 saturated heterocycles. The highest BCUT2D eigenvalue weighted by molar-refractivity contribution is 6.33. The zero-order chi connectivity index (χ0) is 12.3. The van der Waals surface area contributed by atoms with Crippen LogP contribution in [-0.4, -0.2) is 13.4 Å². The summed E-state index contributed by atoms with van der Waals surface area (Å²) in [7, 11) is 1.60. The Bertz CT molecular complexity index is 550. The quantitative estimate of drug-likeness (QED) is 0.770. The Morgan fingerprint density at radius 3 is 2.59 bits per heavy atom. The first kappa shape index (κ1) is 11.7. The summed E-state index contributed by atoms with van der Waals surface area (Å²) in [4.78, 5) is 11.0. The van der Waals surface area contributed by atoms with Crippen molar-refractivity contribution in [1.29, 1.82) is 0 Å². The third-order valence-electron chi connectivity index (χ3n) is 2.55. The van der Waals surface area contributed by atoms with Crippen LogP contribution < -0.4 is 4.74 Å². The van der Waals surface area contributed by atoms with E-state index in [0.717, 1.165) is 17.4 Å². The lowest BCUT2D eigenvalue weighted by Gasteiger charge is -2.09. The van der Waals surface area contributed by atoms with E-state index in [0.29, 0.717) is 16.3 Å². The summed E-state index contributed by atoms with van der Waals surface area (Å²) >= 11 is 6.15. The van der Waals surface area contributed by atoms with Crippen molar-refractivity contribution < 1.29 is 9.53 Å². The van der Waals surface area contributed by atoms with Gasteiger partial charge in [0.2, 0.25) is 0 Å². The molecule has 3 heteroatoms. The molecule has 0 radical (unpaired) electrons. The van der Waals surface area contributed by atoms with Crippen LogP contribution in [0.1, 0.15) is 10.4 Å². The Hall–Kier alpha value is -1.80. The van der Waals surface area contributed by atoms with E-state index in [1.165, 1.54) is 0 Å². The van der Waals surface area contributed by atoms with Gasteiger partial charge in [0, 0.05) is 16.1 Å². The van der Waals surface area contributed by atoms with Gasteiger partial charge in [-0.15, -0.1) is 0 Å². The van der Waals surface area contributed by atoms with Crippen LogP contribution in [0.2, 0.25) is 5.02 Å². The molecule has 2 rings (SSSR count). The number of benzene rings is 2. The van der Waals surface area contributed by atoms with Crippen LogP contribution in [0.5, 0.6) is 5.75 Å². The Labute approximate surface area is 105 Å². The molecule has 0 bridgehead atoms. The molecular formula is C14H11ClO2. The molecule has 0 amide bonds. The van der Waals surface area contributed by atoms with Gasteiger partial charge in [-0.1, -0.05) is 35.9 Å². The van der Waals surface area contributed by atoms with Crippen molar-refractivity contribution in [2.75, 3.05) is 7.11 Å². The number of halogens is 1. The zero-order valence-corrected chi connectivity index (χ0v) is 10.1. The van der Waals surface area contributed by atoms with E-state index >= 15 is 0 Å². The molecular weight excluding hydrogens is 236 g/mol. The maximum atomic E-state index is 11.0. The summed E-state index contributed by atoms with van der Waals surface area (Å²) in [6, 6.07) is 12.7. The highest BCUT2D eigenvalue weighted by Gasteiger charge is 2.08. The molecule has 0 N–H and O–H groups in total. The summed E-state index contributed by atoms with van der Waals surface area (Å²) in [5.41, 5.74) is 2.22. The normalized spacial score (nSPS) is 10.0. The molecule has 2 nitrogen and oxygen atoms in total. The molecule has 0 saturated carbocycles. The number of rotatable bonds is 3. The van der Waals surface area contributed by atoms with Gasteiger partial charge in [0.15, 0.2) is 6.29 Å². The second kappa shape index (κ2) is 5.02. The van der Waals surface area contributed by atoms with Gasteiger partial charge in [0.1, 0.15) is 5.75 Å². The average molecular weight is 247 g/mol. The Morgan fingerprint density at radius 2 is 1.88 bits per heavy atom. The van der Waals surface area contributed by atoms with Crippen LogP contribution in [0, 0.1) is 0 Å². The van der Waals surface area contributed by atoms with Crippen LogP contribution in [0.3, 0.4) is 0 Å². The van der Waals surface area contributed by atoms with Crippen molar-refractivity contribution >= 4 is 17.9 Å². The smallest absolute Gasteiger partial charge is 0.150 e. The number of hydrogen-bond acceptors (Lipinski definition) is 2. The fourth-order valence-corrected chi connectivity index (χ4v) is 1.90. The lowest BCUT2D eigenvalue weighted by atomic mass is 10.0. The summed E-state index contributed by atoms with van der Waals surface area (Å²) < 4.78 is 5.16. The van der Waals surface area contributed by atoms with Gasteiger partial charge >= 0.3 is 0 Å². The molecule has 0 fully saturated rings. The highest BCUT2D eigenvalue weighted by Crippen LogP contribution is 2.32. The van der Waals surface area contributed by atoms with E-state index < -0.39 is 0 Å². The molecule has 0 heterocycles. The van der Waals surface area contributed by atoms with Crippen molar-refractivity contribution in [2.24, 2.45) is 0 Å². The molecule has 0 spiro atoms. The Morgan fingerprint density at radius 1 is 1.12 bits per heavy atom. The predicted molar refractivity (Wildman–Crippen MR) is 68.8 cm³/mol. The monoisotopic (exact) mass is 246 g/mol. The van der Waals surface area contributed by atoms with Crippen molar-refractivity contribution in [3.63, 3.8) is 0 Å².